The highest BCUT2D eigenvalue weighted by molar-refractivity contribution is 6.00. The van der Waals surface area contributed by atoms with Crippen LogP contribution in [0.5, 0.6) is 5.75 Å². The van der Waals surface area contributed by atoms with Crippen LogP contribution in [0.1, 0.15) is 23.7 Å². The zero-order chi connectivity index (χ0) is 11.1. The average molecular weight is 207 g/mol. The minimum atomic E-state index is 0.0594. The lowest BCUT2D eigenvalue weighted by atomic mass is 10.1. The molecule has 0 atom stereocenters. The molecule has 3 nitrogen and oxygen atoms in total. The number of carbonyl (C=O) groups is 1. The van der Waals surface area contributed by atoms with Gasteiger partial charge in [0, 0.05) is 0 Å². The molecule has 3 heteroatoms. The highest BCUT2D eigenvalue weighted by atomic mass is 16.5. The molecule has 0 saturated heterocycles. The molecule has 0 aliphatic heterocycles. The number of ketones is 1. The Morgan fingerprint density at radius 2 is 2.13 bits per heavy atom. The zero-order valence-corrected chi connectivity index (χ0v) is 9.25. The Hall–Kier alpha value is -1.35. The number of Topliss-reactive ketones (excluding diaryl/α,β-unsaturated/α-hetero) is 1. The summed E-state index contributed by atoms with van der Waals surface area (Å²) in [6, 6.07) is 7.35. The van der Waals surface area contributed by atoms with Gasteiger partial charge in [0.05, 0.1) is 18.7 Å². The van der Waals surface area contributed by atoms with Crippen molar-refractivity contribution in [1.29, 1.82) is 0 Å². The quantitative estimate of drug-likeness (QED) is 0.724. The van der Waals surface area contributed by atoms with Crippen LogP contribution in [0.4, 0.5) is 0 Å². The smallest absolute Gasteiger partial charge is 0.180 e. The molecule has 0 spiro atoms. The van der Waals surface area contributed by atoms with Gasteiger partial charge in [0.1, 0.15) is 5.75 Å². The molecule has 0 saturated carbocycles. The lowest BCUT2D eigenvalue weighted by molar-refractivity contribution is 0.0989. The molecule has 1 rings (SSSR count). The number of nitrogens with one attached hydrogen (secondary N) is 1. The summed E-state index contributed by atoms with van der Waals surface area (Å²) >= 11 is 0. The Labute approximate surface area is 90.4 Å². The van der Waals surface area contributed by atoms with Crippen molar-refractivity contribution in [2.24, 2.45) is 0 Å². The minimum absolute atomic E-state index is 0.0594. The molecular formula is C12H17NO2. The fourth-order valence-corrected chi connectivity index (χ4v) is 1.29. The molecular weight excluding hydrogens is 190 g/mol. The van der Waals surface area contributed by atoms with Gasteiger partial charge in [0.2, 0.25) is 0 Å². The SMILES string of the molecule is CCCOc1ccccc1C(=O)CNC. The predicted molar refractivity (Wildman–Crippen MR) is 60.5 cm³/mol. The van der Waals surface area contributed by atoms with Crippen LogP contribution in [0.15, 0.2) is 24.3 Å². The van der Waals surface area contributed by atoms with E-state index in [1.165, 1.54) is 0 Å². The first-order valence-corrected chi connectivity index (χ1v) is 5.19. The van der Waals surface area contributed by atoms with Crippen LogP contribution in [-0.2, 0) is 0 Å². The van der Waals surface area contributed by atoms with Crippen LogP contribution in [0, 0.1) is 0 Å². The van der Waals surface area contributed by atoms with E-state index in [0.29, 0.717) is 24.5 Å². The van der Waals surface area contributed by atoms with E-state index >= 15 is 0 Å². The maximum absolute atomic E-state index is 11.7. The van der Waals surface area contributed by atoms with Crippen molar-refractivity contribution in [3.63, 3.8) is 0 Å². The van der Waals surface area contributed by atoms with E-state index in [2.05, 4.69) is 5.32 Å². The van der Waals surface area contributed by atoms with Gasteiger partial charge in [-0.25, -0.2) is 0 Å². The Bertz CT molecular complexity index is 323. The largest absolute Gasteiger partial charge is 0.493 e. The van der Waals surface area contributed by atoms with E-state index in [1.54, 1.807) is 13.1 Å². The van der Waals surface area contributed by atoms with E-state index < -0.39 is 0 Å². The number of hydrogen-bond acceptors (Lipinski definition) is 3. The highest BCUT2D eigenvalue weighted by Gasteiger charge is 2.10. The average Bonchev–Trinajstić information content (AvgIpc) is 2.27. The summed E-state index contributed by atoms with van der Waals surface area (Å²) in [6.07, 6.45) is 0.939. The van der Waals surface area contributed by atoms with Gasteiger partial charge in [0.25, 0.3) is 0 Å². The van der Waals surface area contributed by atoms with Crippen molar-refractivity contribution >= 4 is 5.78 Å². The van der Waals surface area contributed by atoms with Crippen LogP contribution >= 0.6 is 0 Å². The number of para-hydroxylation sites is 1. The molecule has 0 aliphatic carbocycles. The van der Waals surface area contributed by atoms with Crippen molar-refractivity contribution < 1.29 is 9.53 Å². The van der Waals surface area contributed by atoms with Gasteiger partial charge in [-0.2, -0.15) is 0 Å². The molecule has 0 aromatic heterocycles. The van der Waals surface area contributed by atoms with E-state index in [4.69, 9.17) is 4.74 Å². The fourth-order valence-electron chi connectivity index (χ4n) is 1.29. The maximum atomic E-state index is 11.7. The summed E-state index contributed by atoms with van der Waals surface area (Å²) in [6.45, 7) is 3.02. The minimum Gasteiger partial charge on any atom is -0.493 e. The number of hydrogen-bond donors (Lipinski definition) is 1. The number of rotatable bonds is 6. The van der Waals surface area contributed by atoms with Crippen LogP contribution in [-0.4, -0.2) is 26.0 Å². The summed E-state index contributed by atoms with van der Waals surface area (Å²) < 4.78 is 5.51. The van der Waals surface area contributed by atoms with Gasteiger partial charge < -0.3 is 10.1 Å². The van der Waals surface area contributed by atoms with Gasteiger partial charge in [-0.15, -0.1) is 0 Å². The lowest BCUT2D eigenvalue weighted by Gasteiger charge is -2.09. The van der Waals surface area contributed by atoms with E-state index in [0.717, 1.165) is 6.42 Å². The van der Waals surface area contributed by atoms with Gasteiger partial charge in [-0.1, -0.05) is 19.1 Å². The van der Waals surface area contributed by atoms with Crippen molar-refractivity contribution in [2.45, 2.75) is 13.3 Å². The molecule has 15 heavy (non-hydrogen) atoms. The molecule has 82 valence electrons. The third-order valence-electron chi connectivity index (χ3n) is 1.99. The van der Waals surface area contributed by atoms with E-state index in [-0.39, 0.29) is 5.78 Å². The summed E-state index contributed by atoms with van der Waals surface area (Å²) in [5.74, 6) is 0.740. The Morgan fingerprint density at radius 3 is 2.80 bits per heavy atom. The molecule has 0 aliphatic rings. The summed E-state index contributed by atoms with van der Waals surface area (Å²) in [5, 5.41) is 2.84. The molecule has 1 aromatic rings. The molecule has 1 aromatic carbocycles. The van der Waals surface area contributed by atoms with Crippen molar-refractivity contribution in [2.75, 3.05) is 20.2 Å². The first kappa shape index (κ1) is 11.7. The van der Waals surface area contributed by atoms with Crippen LogP contribution in [0.25, 0.3) is 0 Å². The molecule has 1 N–H and O–H groups in total. The lowest BCUT2D eigenvalue weighted by Crippen LogP contribution is -2.19. The molecule has 0 fully saturated rings. The summed E-state index contributed by atoms with van der Waals surface area (Å²) in [4.78, 5) is 11.7. The first-order valence-electron chi connectivity index (χ1n) is 5.19. The maximum Gasteiger partial charge on any atom is 0.180 e. The standard InChI is InChI=1S/C12H17NO2/c1-3-8-15-12-7-5-4-6-10(12)11(14)9-13-2/h4-7,13H,3,8-9H2,1-2H3. The Kier molecular flexibility index (Phi) is 4.84. The molecule has 0 unspecified atom stereocenters. The number of carbonyl (C=O) groups excluding carboxylic acids is 1. The number of benzene rings is 1. The number of ether oxygens (including phenoxy) is 1. The van der Waals surface area contributed by atoms with Gasteiger partial charge in [-0.3, -0.25) is 4.79 Å². The molecule has 0 bridgehead atoms. The molecule has 0 radical (unpaired) electrons. The zero-order valence-electron chi connectivity index (χ0n) is 9.25. The van der Waals surface area contributed by atoms with Crippen molar-refractivity contribution in [3.05, 3.63) is 29.8 Å². The second-order valence-electron chi connectivity index (χ2n) is 3.30. The third kappa shape index (κ3) is 3.36. The fraction of sp³-hybridized carbons (Fsp3) is 0.417. The van der Waals surface area contributed by atoms with E-state index in [9.17, 15) is 4.79 Å². The van der Waals surface area contributed by atoms with Crippen LogP contribution in [0.2, 0.25) is 0 Å². The van der Waals surface area contributed by atoms with Crippen molar-refractivity contribution in [1.82, 2.24) is 5.32 Å². The molecule has 0 heterocycles. The van der Waals surface area contributed by atoms with Gasteiger partial charge in [0.15, 0.2) is 5.78 Å². The predicted octanol–water partition coefficient (Wildman–Crippen LogP) is 1.88. The summed E-state index contributed by atoms with van der Waals surface area (Å²) in [5.41, 5.74) is 0.653. The van der Waals surface area contributed by atoms with Crippen molar-refractivity contribution in [3.8, 4) is 5.75 Å². The normalized spacial score (nSPS) is 10.0. The third-order valence-corrected chi connectivity index (χ3v) is 1.99. The second-order valence-corrected chi connectivity index (χ2v) is 3.30. The Morgan fingerprint density at radius 1 is 1.40 bits per heavy atom. The van der Waals surface area contributed by atoms with Crippen LogP contribution < -0.4 is 10.1 Å². The topological polar surface area (TPSA) is 38.3 Å². The Balaban J connectivity index is 2.80. The van der Waals surface area contributed by atoms with Crippen LogP contribution in [0.3, 0.4) is 0 Å². The van der Waals surface area contributed by atoms with Gasteiger partial charge in [-0.05, 0) is 25.6 Å². The molecule has 0 amide bonds. The second kappa shape index (κ2) is 6.19. The van der Waals surface area contributed by atoms with Gasteiger partial charge >= 0.3 is 0 Å². The first-order chi connectivity index (χ1) is 7.29. The highest BCUT2D eigenvalue weighted by Crippen LogP contribution is 2.18. The number of likely N-dealkylation sites (N-methyl/N-ethyl adjacent to an activating group) is 1. The summed E-state index contributed by atoms with van der Waals surface area (Å²) in [7, 11) is 1.76. The monoisotopic (exact) mass is 207 g/mol. The van der Waals surface area contributed by atoms with E-state index in [1.807, 2.05) is 25.1 Å².